The number of thioether (sulfide) groups is 1. The molecule has 5 heteroatoms. The zero-order valence-electron chi connectivity index (χ0n) is 11.3. The Morgan fingerprint density at radius 2 is 2.11 bits per heavy atom. The van der Waals surface area contributed by atoms with Crippen LogP contribution in [0.5, 0.6) is 0 Å². The van der Waals surface area contributed by atoms with Crippen molar-refractivity contribution in [3.05, 3.63) is 0 Å². The van der Waals surface area contributed by atoms with E-state index in [0.29, 0.717) is 18.4 Å². The maximum Gasteiger partial charge on any atom is 0.409 e. The van der Waals surface area contributed by atoms with Crippen molar-refractivity contribution in [2.75, 3.05) is 19.7 Å². The van der Waals surface area contributed by atoms with Crippen molar-refractivity contribution in [3.63, 3.8) is 0 Å². The average molecular weight is 273 g/mol. The number of ether oxygens (including phenoxy) is 1. The lowest BCUT2D eigenvalue weighted by Crippen LogP contribution is -2.32. The van der Waals surface area contributed by atoms with Crippen molar-refractivity contribution in [1.29, 1.82) is 0 Å². The second-order valence-electron chi connectivity index (χ2n) is 4.62. The molecule has 4 nitrogen and oxygen atoms in total. The topological polar surface area (TPSA) is 46.6 Å². The first-order valence-electron chi connectivity index (χ1n) is 6.72. The van der Waals surface area contributed by atoms with Crippen molar-refractivity contribution in [2.45, 2.75) is 51.2 Å². The lowest BCUT2D eigenvalue weighted by atomic mass is 10.2. The van der Waals surface area contributed by atoms with Gasteiger partial charge in [-0.15, -0.1) is 0 Å². The second-order valence-corrected chi connectivity index (χ2v) is 6.09. The zero-order valence-corrected chi connectivity index (χ0v) is 12.1. The van der Waals surface area contributed by atoms with E-state index < -0.39 is 0 Å². The van der Waals surface area contributed by atoms with Gasteiger partial charge in [0.1, 0.15) is 0 Å². The predicted molar refractivity (Wildman–Crippen MR) is 73.7 cm³/mol. The molecular formula is C13H23NO3S. The van der Waals surface area contributed by atoms with Gasteiger partial charge >= 0.3 is 6.09 Å². The van der Waals surface area contributed by atoms with Crippen molar-refractivity contribution in [1.82, 2.24) is 4.90 Å². The van der Waals surface area contributed by atoms with Crippen LogP contribution in [-0.2, 0) is 9.53 Å². The van der Waals surface area contributed by atoms with Crippen LogP contribution in [0.4, 0.5) is 4.79 Å². The monoisotopic (exact) mass is 273 g/mol. The van der Waals surface area contributed by atoms with E-state index in [4.69, 9.17) is 4.74 Å². The van der Waals surface area contributed by atoms with Crippen LogP contribution in [0.2, 0.25) is 0 Å². The largest absolute Gasteiger partial charge is 0.449 e. The molecule has 1 amide bonds. The molecule has 1 aliphatic rings. The summed E-state index contributed by atoms with van der Waals surface area (Å²) < 4.78 is 5.21. The van der Waals surface area contributed by atoms with Crippen LogP contribution in [0.15, 0.2) is 0 Å². The summed E-state index contributed by atoms with van der Waals surface area (Å²) in [6, 6.07) is 0. The van der Waals surface area contributed by atoms with Crippen LogP contribution in [0.25, 0.3) is 0 Å². The third-order valence-corrected chi connectivity index (χ3v) is 4.13. The van der Waals surface area contributed by atoms with E-state index in [-0.39, 0.29) is 11.2 Å². The summed E-state index contributed by atoms with van der Waals surface area (Å²) in [6.07, 6.45) is 4.59. The minimum absolute atomic E-state index is 0.166. The number of amides is 1. The SMILES string of the molecule is CCCCOC(=O)N1CCCC(SC(C)=O)CC1. The summed E-state index contributed by atoms with van der Waals surface area (Å²) in [4.78, 5) is 24.6. The molecule has 18 heavy (non-hydrogen) atoms. The molecule has 1 atom stereocenters. The summed E-state index contributed by atoms with van der Waals surface area (Å²) in [5.41, 5.74) is 0. The fourth-order valence-electron chi connectivity index (χ4n) is 2.00. The normalized spacial score (nSPS) is 20.3. The molecule has 1 aliphatic heterocycles. The third kappa shape index (κ3) is 5.76. The lowest BCUT2D eigenvalue weighted by molar-refractivity contribution is -0.109. The first kappa shape index (κ1) is 15.3. The Morgan fingerprint density at radius 3 is 2.78 bits per heavy atom. The first-order chi connectivity index (χ1) is 8.63. The Bertz CT molecular complexity index is 283. The zero-order chi connectivity index (χ0) is 13.4. The molecule has 0 aromatic rings. The fraction of sp³-hybridized carbons (Fsp3) is 0.846. The summed E-state index contributed by atoms with van der Waals surface area (Å²) >= 11 is 1.41. The van der Waals surface area contributed by atoms with Gasteiger partial charge in [-0.3, -0.25) is 4.79 Å². The molecule has 1 heterocycles. The number of rotatable bonds is 4. The number of carbonyl (C=O) groups excluding carboxylic acids is 2. The molecule has 1 saturated heterocycles. The quantitative estimate of drug-likeness (QED) is 0.739. The van der Waals surface area contributed by atoms with E-state index >= 15 is 0 Å². The van der Waals surface area contributed by atoms with Gasteiger partial charge in [-0.05, 0) is 25.7 Å². The second kappa shape index (κ2) is 8.40. The summed E-state index contributed by atoms with van der Waals surface area (Å²) in [5, 5.41) is 0.523. The van der Waals surface area contributed by atoms with Gasteiger partial charge in [0.2, 0.25) is 0 Å². The number of carbonyl (C=O) groups is 2. The highest BCUT2D eigenvalue weighted by molar-refractivity contribution is 8.14. The van der Waals surface area contributed by atoms with E-state index in [1.165, 1.54) is 11.8 Å². The first-order valence-corrected chi connectivity index (χ1v) is 7.60. The molecule has 0 radical (unpaired) electrons. The highest BCUT2D eigenvalue weighted by Gasteiger charge is 2.22. The van der Waals surface area contributed by atoms with E-state index in [9.17, 15) is 9.59 Å². The van der Waals surface area contributed by atoms with Crippen LogP contribution in [0.1, 0.15) is 46.0 Å². The Kier molecular flexibility index (Phi) is 7.16. The van der Waals surface area contributed by atoms with Gasteiger partial charge < -0.3 is 9.64 Å². The number of likely N-dealkylation sites (tertiary alicyclic amines) is 1. The van der Waals surface area contributed by atoms with Gasteiger partial charge in [0.25, 0.3) is 0 Å². The minimum atomic E-state index is -0.197. The average Bonchev–Trinajstić information content (AvgIpc) is 2.54. The Labute approximate surface area is 113 Å². The number of hydrogen-bond donors (Lipinski definition) is 0. The standard InChI is InChI=1S/C13H23NO3S/c1-3-4-10-17-13(16)14-8-5-6-12(7-9-14)18-11(2)15/h12H,3-10H2,1-2H3. The Morgan fingerprint density at radius 1 is 1.33 bits per heavy atom. The molecule has 0 aliphatic carbocycles. The van der Waals surface area contributed by atoms with Crippen LogP contribution in [-0.4, -0.2) is 41.1 Å². The summed E-state index contributed by atoms with van der Waals surface area (Å²) in [7, 11) is 0. The summed E-state index contributed by atoms with van der Waals surface area (Å²) in [6.45, 7) is 5.64. The molecule has 0 N–H and O–H groups in total. The van der Waals surface area contributed by atoms with E-state index in [1.807, 2.05) is 0 Å². The Balaban J connectivity index is 2.32. The minimum Gasteiger partial charge on any atom is -0.449 e. The van der Waals surface area contributed by atoms with Crippen LogP contribution < -0.4 is 0 Å². The molecule has 0 aromatic carbocycles. The van der Waals surface area contributed by atoms with Crippen LogP contribution in [0, 0.1) is 0 Å². The summed E-state index contributed by atoms with van der Waals surface area (Å²) in [5.74, 6) is 0. The van der Waals surface area contributed by atoms with Gasteiger partial charge in [-0.1, -0.05) is 25.1 Å². The van der Waals surface area contributed by atoms with Gasteiger partial charge in [0.05, 0.1) is 6.61 Å². The number of unbranched alkanes of at least 4 members (excludes halogenated alkanes) is 1. The van der Waals surface area contributed by atoms with Gasteiger partial charge in [0, 0.05) is 25.3 Å². The maximum atomic E-state index is 11.8. The lowest BCUT2D eigenvalue weighted by Gasteiger charge is -2.19. The number of nitrogens with zero attached hydrogens (tertiary/aromatic N) is 1. The van der Waals surface area contributed by atoms with Gasteiger partial charge in [-0.25, -0.2) is 4.79 Å². The maximum absolute atomic E-state index is 11.8. The smallest absolute Gasteiger partial charge is 0.409 e. The van der Waals surface area contributed by atoms with Crippen LogP contribution in [0.3, 0.4) is 0 Å². The van der Waals surface area contributed by atoms with Gasteiger partial charge in [0.15, 0.2) is 5.12 Å². The van der Waals surface area contributed by atoms with Crippen molar-refractivity contribution >= 4 is 23.0 Å². The molecule has 104 valence electrons. The molecule has 0 bridgehead atoms. The van der Waals surface area contributed by atoms with E-state index in [1.54, 1.807) is 11.8 Å². The Hall–Kier alpha value is -0.710. The molecule has 1 unspecified atom stereocenters. The molecule has 0 aromatic heterocycles. The predicted octanol–water partition coefficient (Wildman–Crippen LogP) is 3.06. The fourth-order valence-corrected chi connectivity index (χ4v) is 2.97. The molecule has 1 rings (SSSR count). The molecule has 0 spiro atoms. The van der Waals surface area contributed by atoms with E-state index in [0.717, 1.165) is 38.6 Å². The third-order valence-electron chi connectivity index (χ3n) is 2.99. The van der Waals surface area contributed by atoms with Gasteiger partial charge in [-0.2, -0.15) is 0 Å². The molecule has 1 fully saturated rings. The highest BCUT2D eigenvalue weighted by atomic mass is 32.2. The number of hydrogen-bond acceptors (Lipinski definition) is 4. The van der Waals surface area contributed by atoms with E-state index in [2.05, 4.69) is 6.92 Å². The highest BCUT2D eigenvalue weighted by Crippen LogP contribution is 2.24. The van der Waals surface area contributed by atoms with Crippen LogP contribution >= 0.6 is 11.8 Å². The molecule has 0 saturated carbocycles. The van der Waals surface area contributed by atoms with Crippen molar-refractivity contribution in [2.24, 2.45) is 0 Å². The van der Waals surface area contributed by atoms with Crippen molar-refractivity contribution < 1.29 is 14.3 Å². The van der Waals surface area contributed by atoms with Crippen molar-refractivity contribution in [3.8, 4) is 0 Å². The molecular weight excluding hydrogens is 250 g/mol.